The normalized spacial score (nSPS) is 24.4. The molecule has 1 saturated carbocycles. The van der Waals surface area contributed by atoms with E-state index in [0.29, 0.717) is 11.6 Å². The van der Waals surface area contributed by atoms with Gasteiger partial charge in [0, 0.05) is 11.7 Å². The van der Waals surface area contributed by atoms with Gasteiger partial charge in [-0.2, -0.15) is 0 Å². The van der Waals surface area contributed by atoms with Gasteiger partial charge in [0.15, 0.2) is 0 Å². The highest BCUT2D eigenvalue weighted by Crippen LogP contribution is 2.24. The van der Waals surface area contributed by atoms with E-state index in [4.69, 9.17) is 0 Å². The summed E-state index contributed by atoms with van der Waals surface area (Å²) in [6, 6.07) is 8.74. The summed E-state index contributed by atoms with van der Waals surface area (Å²) in [5.41, 5.74) is 0.666. The third kappa shape index (κ3) is 3.42. The Labute approximate surface area is 141 Å². The maximum Gasteiger partial charge on any atom is 0.332 e. The first-order valence-corrected chi connectivity index (χ1v) is 8.52. The summed E-state index contributed by atoms with van der Waals surface area (Å²) < 4.78 is 0. The number of para-hydroxylation sites is 1. The van der Waals surface area contributed by atoms with E-state index in [1.54, 1.807) is 12.1 Å². The molecule has 1 aliphatic carbocycles. The van der Waals surface area contributed by atoms with Crippen molar-refractivity contribution in [2.45, 2.75) is 38.6 Å². The van der Waals surface area contributed by atoms with Gasteiger partial charge in [0.1, 0.15) is 13.1 Å². The molecule has 1 aromatic carbocycles. The molecule has 6 nitrogen and oxygen atoms in total. The third-order valence-electron chi connectivity index (χ3n) is 4.88. The molecule has 1 N–H and O–H groups in total. The molecule has 1 heterocycles. The molecule has 1 aliphatic heterocycles. The maximum absolute atomic E-state index is 12.5. The Morgan fingerprint density at radius 3 is 2.58 bits per heavy atom. The number of imide groups is 1. The molecule has 128 valence electrons. The minimum atomic E-state index is -0.432. The van der Waals surface area contributed by atoms with E-state index in [-0.39, 0.29) is 30.9 Å². The first kappa shape index (κ1) is 16.5. The zero-order valence-corrected chi connectivity index (χ0v) is 13.9. The summed E-state index contributed by atoms with van der Waals surface area (Å²) in [5.74, 6) is -0.158. The molecule has 0 bridgehead atoms. The summed E-state index contributed by atoms with van der Waals surface area (Å²) >= 11 is 0. The second kappa shape index (κ2) is 7.03. The van der Waals surface area contributed by atoms with Crippen LogP contribution in [-0.2, 0) is 9.59 Å². The van der Waals surface area contributed by atoms with Crippen LogP contribution in [-0.4, -0.2) is 41.9 Å². The average molecular weight is 329 g/mol. The first-order valence-electron chi connectivity index (χ1n) is 8.52. The highest BCUT2D eigenvalue weighted by Gasteiger charge is 2.38. The lowest BCUT2D eigenvalue weighted by atomic mass is 9.86. The van der Waals surface area contributed by atoms with E-state index in [2.05, 4.69) is 12.2 Å². The van der Waals surface area contributed by atoms with E-state index < -0.39 is 6.03 Å². The SMILES string of the molecule is CC1CCCCC1NC(=O)CN1C(=O)CN(c2ccccc2)C1=O. The Balaban J connectivity index is 1.61. The summed E-state index contributed by atoms with van der Waals surface area (Å²) in [6.07, 6.45) is 4.38. The second-order valence-corrected chi connectivity index (χ2v) is 6.62. The van der Waals surface area contributed by atoms with Gasteiger partial charge in [-0.15, -0.1) is 0 Å². The molecule has 4 amide bonds. The van der Waals surface area contributed by atoms with Gasteiger partial charge in [-0.1, -0.05) is 38.0 Å². The van der Waals surface area contributed by atoms with Gasteiger partial charge in [0.2, 0.25) is 5.91 Å². The molecular formula is C18H23N3O3. The average Bonchev–Trinajstić information content (AvgIpc) is 2.86. The largest absolute Gasteiger partial charge is 0.352 e. The predicted octanol–water partition coefficient (Wildman–Crippen LogP) is 2.15. The maximum atomic E-state index is 12.5. The molecule has 2 unspecified atom stereocenters. The van der Waals surface area contributed by atoms with Crippen molar-refractivity contribution in [3.05, 3.63) is 30.3 Å². The number of carbonyl (C=O) groups excluding carboxylic acids is 3. The number of hydrogen-bond acceptors (Lipinski definition) is 3. The van der Waals surface area contributed by atoms with Crippen molar-refractivity contribution < 1.29 is 14.4 Å². The standard InChI is InChI=1S/C18H23N3O3/c1-13-7-5-6-10-15(13)19-16(22)11-21-17(23)12-20(18(21)24)14-8-3-2-4-9-14/h2-4,8-9,13,15H,5-7,10-12H2,1H3,(H,19,22). The van der Waals surface area contributed by atoms with Crippen LogP contribution in [0.2, 0.25) is 0 Å². The second-order valence-electron chi connectivity index (χ2n) is 6.62. The number of nitrogens with zero attached hydrogens (tertiary/aromatic N) is 2. The van der Waals surface area contributed by atoms with Gasteiger partial charge in [0.05, 0.1) is 0 Å². The smallest absolute Gasteiger partial charge is 0.332 e. The van der Waals surface area contributed by atoms with Crippen LogP contribution in [0.25, 0.3) is 0 Å². The van der Waals surface area contributed by atoms with Crippen molar-refractivity contribution in [3.8, 4) is 0 Å². The lowest BCUT2D eigenvalue weighted by Crippen LogP contribution is -2.47. The fourth-order valence-corrected chi connectivity index (χ4v) is 3.43. The van der Waals surface area contributed by atoms with Crippen molar-refractivity contribution in [3.63, 3.8) is 0 Å². The Hall–Kier alpha value is -2.37. The van der Waals surface area contributed by atoms with Gasteiger partial charge in [-0.25, -0.2) is 4.79 Å². The number of rotatable bonds is 4. The summed E-state index contributed by atoms with van der Waals surface area (Å²) in [6.45, 7) is 1.91. The molecule has 0 radical (unpaired) electrons. The number of nitrogens with one attached hydrogen (secondary N) is 1. The van der Waals surface area contributed by atoms with E-state index >= 15 is 0 Å². The van der Waals surface area contributed by atoms with Crippen molar-refractivity contribution in [1.82, 2.24) is 10.2 Å². The molecule has 1 aromatic rings. The third-order valence-corrected chi connectivity index (χ3v) is 4.88. The minimum Gasteiger partial charge on any atom is -0.352 e. The van der Waals surface area contributed by atoms with E-state index in [0.717, 1.165) is 24.2 Å². The molecular weight excluding hydrogens is 306 g/mol. The zero-order valence-electron chi connectivity index (χ0n) is 13.9. The van der Waals surface area contributed by atoms with E-state index in [1.165, 1.54) is 11.3 Å². The molecule has 6 heteroatoms. The molecule has 3 rings (SSSR count). The fraction of sp³-hybridized carbons (Fsp3) is 0.500. The number of hydrogen-bond donors (Lipinski definition) is 1. The van der Waals surface area contributed by atoms with Gasteiger partial charge >= 0.3 is 6.03 Å². The molecule has 2 aliphatic rings. The first-order chi connectivity index (χ1) is 11.6. The van der Waals surface area contributed by atoms with Crippen LogP contribution < -0.4 is 10.2 Å². The number of benzene rings is 1. The molecule has 2 fully saturated rings. The minimum absolute atomic E-state index is 0.0179. The number of urea groups is 1. The van der Waals surface area contributed by atoms with Gasteiger partial charge in [-0.05, 0) is 30.9 Å². The van der Waals surface area contributed by atoms with Gasteiger partial charge in [0.25, 0.3) is 5.91 Å². The lowest BCUT2D eigenvalue weighted by Gasteiger charge is -2.30. The highest BCUT2D eigenvalue weighted by molar-refractivity contribution is 6.13. The highest BCUT2D eigenvalue weighted by atomic mass is 16.2. The van der Waals surface area contributed by atoms with Crippen LogP contribution in [0.4, 0.5) is 10.5 Å². The topological polar surface area (TPSA) is 69.7 Å². The van der Waals surface area contributed by atoms with Crippen LogP contribution >= 0.6 is 0 Å². The van der Waals surface area contributed by atoms with E-state index in [9.17, 15) is 14.4 Å². The summed E-state index contributed by atoms with van der Waals surface area (Å²) in [5, 5.41) is 2.99. The molecule has 24 heavy (non-hydrogen) atoms. The summed E-state index contributed by atoms with van der Waals surface area (Å²) in [7, 11) is 0. The van der Waals surface area contributed by atoms with Crippen LogP contribution in [0.3, 0.4) is 0 Å². The fourth-order valence-electron chi connectivity index (χ4n) is 3.43. The molecule has 1 saturated heterocycles. The zero-order chi connectivity index (χ0) is 17.1. The molecule has 2 atom stereocenters. The predicted molar refractivity (Wildman–Crippen MR) is 90.5 cm³/mol. The Kier molecular flexibility index (Phi) is 4.83. The van der Waals surface area contributed by atoms with Crippen molar-refractivity contribution in [2.75, 3.05) is 18.0 Å². The van der Waals surface area contributed by atoms with E-state index in [1.807, 2.05) is 18.2 Å². The van der Waals surface area contributed by atoms with Crippen molar-refractivity contribution >= 4 is 23.5 Å². The van der Waals surface area contributed by atoms with Crippen LogP contribution in [0.1, 0.15) is 32.6 Å². The lowest BCUT2D eigenvalue weighted by molar-refractivity contribution is -0.131. The van der Waals surface area contributed by atoms with Crippen molar-refractivity contribution in [1.29, 1.82) is 0 Å². The Bertz CT molecular complexity index is 632. The van der Waals surface area contributed by atoms with Crippen molar-refractivity contribution in [2.24, 2.45) is 5.92 Å². The number of amides is 4. The molecule has 0 spiro atoms. The Morgan fingerprint density at radius 1 is 1.17 bits per heavy atom. The monoisotopic (exact) mass is 329 g/mol. The Morgan fingerprint density at radius 2 is 1.88 bits per heavy atom. The van der Waals surface area contributed by atoms with Crippen LogP contribution in [0, 0.1) is 5.92 Å². The summed E-state index contributed by atoms with van der Waals surface area (Å²) in [4.78, 5) is 39.3. The van der Waals surface area contributed by atoms with Gasteiger partial charge in [-0.3, -0.25) is 19.4 Å². The number of anilines is 1. The van der Waals surface area contributed by atoms with Crippen LogP contribution in [0.5, 0.6) is 0 Å². The van der Waals surface area contributed by atoms with Gasteiger partial charge < -0.3 is 5.32 Å². The van der Waals surface area contributed by atoms with Crippen LogP contribution in [0.15, 0.2) is 30.3 Å². The quantitative estimate of drug-likeness (QED) is 0.861. The number of carbonyl (C=O) groups is 3. The molecule has 0 aromatic heterocycles.